The number of nitrogens with two attached hydrogens (primary N) is 1. The van der Waals surface area contributed by atoms with E-state index >= 15 is 0 Å². The minimum atomic E-state index is 0.320. The highest BCUT2D eigenvalue weighted by Gasteiger charge is 2.24. The van der Waals surface area contributed by atoms with Crippen LogP contribution in [0.5, 0.6) is 0 Å². The van der Waals surface area contributed by atoms with Crippen molar-refractivity contribution in [1.29, 1.82) is 0 Å². The van der Waals surface area contributed by atoms with Crippen LogP contribution in [0.4, 0.5) is 0 Å². The van der Waals surface area contributed by atoms with E-state index in [1.807, 2.05) is 18.5 Å². The summed E-state index contributed by atoms with van der Waals surface area (Å²) in [6.07, 6.45) is 4.92. The Morgan fingerprint density at radius 1 is 1.33 bits per heavy atom. The standard InChI is InChI=1S/C10H18N4S/c1-7-12-13-10(14(7)2)15-9-6-4-3-5-8(9)11/h8-9H,3-6,11H2,1-2H3. The van der Waals surface area contributed by atoms with Crippen LogP contribution in [0.2, 0.25) is 0 Å². The zero-order chi connectivity index (χ0) is 10.8. The lowest BCUT2D eigenvalue weighted by Gasteiger charge is -2.27. The Bertz CT molecular complexity index is 336. The molecule has 2 atom stereocenters. The fraction of sp³-hybridized carbons (Fsp3) is 0.800. The topological polar surface area (TPSA) is 56.7 Å². The van der Waals surface area contributed by atoms with Crippen molar-refractivity contribution in [2.24, 2.45) is 12.8 Å². The number of aryl methyl sites for hydroxylation is 1. The molecule has 1 aliphatic carbocycles. The largest absolute Gasteiger partial charge is 0.327 e. The second-order valence-electron chi connectivity index (χ2n) is 4.19. The van der Waals surface area contributed by atoms with Crippen LogP contribution >= 0.6 is 11.8 Å². The van der Waals surface area contributed by atoms with E-state index in [-0.39, 0.29) is 0 Å². The van der Waals surface area contributed by atoms with Crippen LogP contribution in [0.3, 0.4) is 0 Å². The molecule has 0 bridgehead atoms. The normalized spacial score (nSPS) is 26.9. The molecular formula is C10H18N4S. The van der Waals surface area contributed by atoms with Crippen LogP contribution in [-0.4, -0.2) is 26.1 Å². The summed E-state index contributed by atoms with van der Waals surface area (Å²) in [7, 11) is 2.01. The van der Waals surface area contributed by atoms with Gasteiger partial charge < -0.3 is 10.3 Å². The van der Waals surface area contributed by atoms with E-state index in [2.05, 4.69) is 10.2 Å². The highest BCUT2D eigenvalue weighted by Crippen LogP contribution is 2.31. The van der Waals surface area contributed by atoms with Crippen molar-refractivity contribution in [3.8, 4) is 0 Å². The molecule has 1 heterocycles. The fourth-order valence-corrected chi connectivity index (χ4v) is 3.14. The first-order chi connectivity index (χ1) is 7.18. The van der Waals surface area contributed by atoms with Gasteiger partial charge >= 0.3 is 0 Å². The minimum absolute atomic E-state index is 0.320. The highest BCUT2D eigenvalue weighted by molar-refractivity contribution is 7.99. The summed E-state index contributed by atoms with van der Waals surface area (Å²) in [4.78, 5) is 0. The predicted molar refractivity (Wildman–Crippen MR) is 61.8 cm³/mol. The van der Waals surface area contributed by atoms with Crippen LogP contribution in [-0.2, 0) is 7.05 Å². The van der Waals surface area contributed by atoms with Gasteiger partial charge in [0.2, 0.25) is 0 Å². The van der Waals surface area contributed by atoms with Crippen molar-refractivity contribution in [1.82, 2.24) is 14.8 Å². The molecule has 0 radical (unpaired) electrons. The van der Waals surface area contributed by atoms with Gasteiger partial charge in [-0.2, -0.15) is 0 Å². The Morgan fingerprint density at radius 3 is 2.67 bits per heavy atom. The third kappa shape index (κ3) is 2.34. The molecule has 15 heavy (non-hydrogen) atoms. The molecule has 1 saturated carbocycles. The summed E-state index contributed by atoms with van der Waals surface area (Å²) in [6.45, 7) is 1.97. The number of nitrogens with zero attached hydrogens (tertiary/aromatic N) is 3. The number of aromatic nitrogens is 3. The van der Waals surface area contributed by atoms with Crippen LogP contribution < -0.4 is 5.73 Å². The fourth-order valence-electron chi connectivity index (χ4n) is 1.90. The molecule has 0 aromatic carbocycles. The summed E-state index contributed by atoms with van der Waals surface area (Å²) >= 11 is 1.78. The molecule has 2 rings (SSSR count). The lowest BCUT2D eigenvalue weighted by molar-refractivity contribution is 0.452. The maximum Gasteiger partial charge on any atom is 0.191 e. The monoisotopic (exact) mass is 226 g/mol. The minimum Gasteiger partial charge on any atom is -0.327 e. The van der Waals surface area contributed by atoms with Crippen LogP contribution in [0.15, 0.2) is 5.16 Å². The van der Waals surface area contributed by atoms with Gasteiger partial charge in [0.05, 0.1) is 0 Å². The second kappa shape index (κ2) is 4.53. The molecule has 1 aromatic rings. The number of thioether (sulfide) groups is 1. The van der Waals surface area contributed by atoms with Gasteiger partial charge in [0.15, 0.2) is 5.16 Å². The summed E-state index contributed by atoms with van der Waals surface area (Å²) in [5.41, 5.74) is 6.11. The molecule has 0 amide bonds. The van der Waals surface area contributed by atoms with Gasteiger partial charge in [0.1, 0.15) is 5.82 Å². The van der Waals surface area contributed by atoms with Crippen molar-refractivity contribution in [2.75, 3.05) is 0 Å². The van der Waals surface area contributed by atoms with Gasteiger partial charge in [-0.15, -0.1) is 10.2 Å². The summed E-state index contributed by atoms with van der Waals surface area (Å²) in [6, 6.07) is 0.320. The van der Waals surface area contributed by atoms with Crippen LogP contribution in [0, 0.1) is 6.92 Å². The summed E-state index contributed by atoms with van der Waals surface area (Å²) in [5, 5.41) is 9.73. The van der Waals surface area contributed by atoms with Crippen LogP contribution in [0.25, 0.3) is 0 Å². The Hall–Kier alpha value is -0.550. The van der Waals surface area contributed by atoms with Gasteiger partial charge in [-0.25, -0.2) is 0 Å². The van der Waals surface area contributed by atoms with Crippen molar-refractivity contribution >= 4 is 11.8 Å². The first kappa shape index (κ1) is 11.0. The first-order valence-electron chi connectivity index (χ1n) is 5.46. The lowest BCUT2D eigenvalue weighted by atomic mass is 9.96. The maximum atomic E-state index is 6.11. The molecule has 0 saturated heterocycles. The first-order valence-corrected chi connectivity index (χ1v) is 6.34. The van der Waals surface area contributed by atoms with Crippen molar-refractivity contribution in [2.45, 2.75) is 49.1 Å². The van der Waals surface area contributed by atoms with E-state index in [1.54, 1.807) is 11.8 Å². The van der Waals surface area contributed by atoms with Gasteiger partial charge in [0.25, 0.3) is 0 Å². The van der Waals surface area contributed by atoms with Crippen molar-refractivity contribution < 1.29 is 0 Å². The SMILES string of the molecule is Cc1nnc(SC2CCCCC2N)n1C. The Morgan fingerprint density at radius 2 is 2.07 bits per heavy atom. The van der Waals surface area contributed by atoms with E-state index in [0.29, 0.717) is 11.3 Å². The lowest BCUT2D eigenvalue weighted by Crippen LogP contribution is -2.35. The van der Waals surface area contributed by atoms with E-state index in [4.69, 9.17) is 5.73 Å². The van der Waals surface area contributed by atoms with Gasteiger partial charge in [0, 0.05) is 18.3 Å². The van der Waals surface area contributed by atoms with Crippen LogP contribution in [0.1, 0.15) is 31.5 Å². The zero-order valence-electron chi connectivity index (χ0n) is 9.31. The molecule has 0 spiro atoms. The molecular weight excluding hydrogens is 208 g/mol. The zero-order valence-corrected chi connectivity index (χ0v) is 10.1. The molecule has 84 valence electrons. The molecule has 2 unspecified atom stereocenters. The summed E-state index contributed by atoms with van der Waals surface area (Å²) in [5.74, 6) is 0.960. The second-order valence-corrected chi connectivity index (χ2v) is 5.40. The smallest absolute Gasteiger partial charge is 0.191 e. The van der Waals surface area contributed by atoms with E-state index in [0.717, 1.165) is 17.4 Å². The van der Waals surface area contributed by atoms with Gasteiger partial charge in [-0.05, 0) is 19.8 Å². The number of rotatable bonds is 2. The summed E-state index contributed by atoms with van der Waals surface area (Å²) < 4.78 is 2.03. The Labute approximate surface area is 94.6 Å². The average molecular weight is 226 g/mol. The number of hydrogen-bond acceptors (Lipinski definition) is 4. The number of hydrogen-bond donors (Lipinski definition) is 1. The predicted octanol–water partition coefficient (Wildman–Crippen LogP) is 1.49. The quantitative estimate of drug-likeness (QED) is 0.830. The Kier molecular flexibility index (Phi) is 3.31. The molecule has 1 aromatic heterocycles. The van der Waals surface area contributed by atoms with Gasteiger partial charge in [-0.3, -0.25) is 0 Å². The van der Waals surface area contributed by atoms with Gasteiger partial charge in [-0.1, -0.05) is 24.6 Å². The average Bonchev–Trinajstić information content (AvgIpc) is 2.53. The third-order valence-electron chi connectivity index (χ3n) is 3.06. The molecule has 0 aliphatic heterocycles. The van der Waals surface area contributed by atoms with Crippen molar-refractivity contribution in [3.05, 3.63) is 5.82 Å². The molecule has 5 heteroatoms. The highest BCUT2D eigenvalue weighted by atomic mass is 32.2. The maximum absolute atomic E-state index is 6.11. The molecule has 1 fully saturated rings. The van der Waals surface area contributed by atoms with E-state index < -0.39 is 0 Å². The third-order valence-corrected chi connectivity index (χ3v) is 4.52. The Balaban J connectivity index is 2.04. The molecule has 2 N–H and O–H groups in total. The van der Waals surface area contributed by atoms with E-state index in [1.165, 1.54) is 19.3 Å². The van der Waals surface area contributed by atoms with Crippen molar-refractivity contribution in [3.63, 3.8) is 0 Å². The van der Waals surface area contributed by atoms with E-state index in [9.17, 15) is 0 Å². The molecule has 1 aliphatic rings. The molecule has 4 nitrogen and oxygen atoms in total.